The van der Waals surface area contributed by atoms with Crippen LogP contribution in [-0.2, 0) is 4.79 Å². The van der Waals surface area contributed by atoms with Gasteiger partial charge in [-0.2, -0.15) is 0 Å². The van der Waals surface area contributed by atoms with Crippen molar-refractivity contribution in [1.29, 1.82) is 0 Å². The number of aromatic nitrogens is 1. The van der Waals surface area contributed by atoms with Crippen LogP contribution in [0.3, 0.4) is 0 Å². The van der Waals surface area contributed by atoms with E-state index in [1.165, 1.54) is 0 Å². The number of hydrogen-bond donors (Lipinski definition) is 2. The van der Waals surface area contributed by atoms with Gasteiger partial charge in [-0.1, -0.05) is 13.8 Å². The fourth-order valence-corrected chi connectivity index (χ4v) is 1.30. The zero-order valence-corrected chi connectivity index (χ0v) is 11.0. The van der Waals surface area contributed by atoms with Crippen LogP contribution in [0.5, 0.6) is 0 Å². The maximum absolute atomic E-state index is 11.2. The van der Waals surface area contributed by atoms with Crippen molar-refractivity contribution in [2.45, 2.75) is 13.8 Å². The van der Waals surface area contributed by atoms with E-state index in [0.29, 0.717) is 13.1 Å². The average Bonchev–Trinajstić information content (AvgIpc) is 2.26. The number of anilines is 1. The van der Waals surface area contributed by atoms with Gasteiger partial charge in [-0.15, -0.1) is 0 Å². The Labute approximate surface area is 104 Å². The monoisotopic (exact) mass is 285 g/mol. The molecule has 4 nitrogen and oxygen atoms in total. The van der Waals surface area contributed by atoms with Crippen molar-refractivity contribution >= 4 is 27.7 Å². The third kappa shape index (κ3) is 4.61. The van der Waals surface area contributed by atoms with Gasteiger partial charge in [0, 0.05) is 29.7 Å². The van der Waals surface area contributed by atoms with Gasteiger partial charge in [0.25, 0.3) is 0 Å². The summed E-state index contributed by atoms with van der Waals surface area (Å²) in [5, 5.41) is 5.94. The van der Waals surface area contributed by atoms with Crippen LogP contribution < -0.4 is 10.6 Å². The minimum absolute atomic E-state index is 0.0332. The van der Waals surface area contributed by atoms with Crippen LogP contribution in [0, 0.1) is 5.92 Å². The molecule has 0 spiro atoms. The standard InChI is InChI=1S/C11H16BrN3O/c1-8(2)11(16)14-6-5-13-10-4-3-9(12)7-15-10/h3-4,7-8H,5-6H2,1-2H3,(H,13,15)(H,14,16). The third-order valence-corrected chi connectivity index (χ3v) is 2.45. The molecule has 0 saturated carbocycles. The summed E-state index contributed by atoms with van der Waals surface area (Å²) >= 11 is 3.31. The number of pyridine rings is 1. The minimum Gasteiger partial charge on any atom is -0.368 e. The number of amides is 1. The third-order valence-electron chi connectivity index (χ3n) is 1.98. The molecule has 0 saturated heterocycles. The van der Waals surface area contributed by atoms with E-state index in [1.54, 1.807) is 6.20 Å². The number of carbonyl (C=O) groups excluding carboxylic acids is 1. The topological polar surface area (TPSA) is 54.0 Å². The van der Waals surface area contributed by atoms with Gasteiger partial charge >= 0.3 is 0 Å². The van der Waals surface area contributed by atoms with Crippen molar-refractivity contribution in [3.8, 4) is 0 Å². The van der Waals surface area contributed by atoms with E-state index in [0.717, 1.165) is 10.3 Å². The molecular formula is C11H16BrN3O. The summed E-state index contributed by atoms with van der Waals surface area (Å²) in [5.74, 6) is 0.915. The van der Waals surface area contributed by atoms with Crippen LogP contribution in [0.2, 0.25) is 0 Å². The van der Waals surface area contributed by atoms with Crippen molar-refractivity contribution in [3.05, 3.63) is 22.8 Å². The molecule has 0 aromatic carbocycles. The number of hydrogen-bond acceptors (Lipinski definition) is 3. The highest BCUT2D eigenvalue weighted by Crippen LogP contribution is 2.09. The molecule has 1 aromatic heterocycles. The van der Waals surface area contributed by atoms with Crippen LogP contribution in [0.1, 0.15) is 13.8 Å². The molecular weight excluding hydrogens is 270 g/mol. The summed E-state index contributed by atoms with van der Waals surface area (Å²) in [6, 6.07) is 3.80. The molecule has 0 radical (unpaired) electrons. The van der Waals surface area contributed by atoms with E-state index in [-0.39, 0.29) is 11.8 Å². The molecule has 1 amide bonds. The molecule has 1 heterocycles. The van der Waals surface area contributed by atoms with Crippen molar-refractivity contribution < 1.29 is 4.79 Å². The first-order valence-corrected chi connectivity index (χ1v) is 6.02. The maximum atomic E-state index is 11.2. The fourth-order valence-electron chi connectivity index (χ4n) is 1.06. The van der Waals surface area contributed by atoms with E-state index in [1.807, 2.05) is 26.0 Å². The highest BCUT2D eigenvalue weighted by molar-refractivity contribution is 9.10. The first-order chi connectivity index (χ1) is 7.59. The van der Waals surface area contributed by atoms with Gasteiger partial charge in [-0.3, -0.25) is 4.79 Å². The summed E-state index contributed by atoms with van der Waals surface area (Å²) in [5.41, 5.74) is 0. The molecule has 1 rings (SSSR count). The second kappa shape index (κ2) is 6.48. The van der Waals surface area contributed by atoms with E-state index in [4.69, 9.17) is 0 Å². The Bertz CT molecular complexity index is 338. The number of carbonyl (C=O) groups is 1. The predicted molar refractivity (Wildman–Crippen MR) is 68.3 cm³/mol. The van der Waals surface area contributed by atoms with Crippen LogP contribution >= 0.6 is 15.9 Å². The van der Waals surface area contributed by atoms with Gasteiger partial charge in [0.1, 0.15) is 5.82 Å². The van der Waals surface area contributed by atoms with Crippen molar-refractivity contribution in [2.24, 2.45) is 5.92 Å². The maximum Gasteiger partial charge on any atom is 0.222 e. The zero-order valence-electron chi connectivity index (χ0n) is 9.46. The fraction of sp³-hybridized carbons (Fsp3) is 0.455. The van der Waals surface area contributed by atoms with E-state index < -0.39 is 0 Å². The number of halogens is 1. The Kier molecular flexibility index (Phi) is 5.25. The van der Waals surface area contributed by atoms with E-state index in [9.17, 15) is 4.79 Å². The molecule has 0 atom stereocenters. The lowest BCUT2D eigenvalue weighted by atomic mass is 10.2. The lowest BCUT2D eigenvalue weighted by Crippen LogP contribution is -2.31. The van der Waals surface area contributed by atoms with Crippen LogP contribution in [0.25, 0.3) is 0 Å². The minimum atomic E-state index is 0.0332. The average molecular weight is 286 g/mol. The van der Waals surface area contributed by atoms with Crippen molar-refractivity contribution in [3.63, 3.8) is 0 Å². The van der Waals surface area contributed by atoms with Crippen LogP contribution in [-0.4, -0.2) is 24.0 Å². The summed E-state index contributed by atoms with van der Waals surface area (Å²) < 4.78 is 0.950. The van der Waals surface area contributed by atoms with Gasteiger partial charge < -0.3 is 10.6 Å². The van der Waals surface area contributed by atoms with E-state index in [2.05, 4.69) is 31.5 Å². The predicted octanol–water partition coefficient (Wildman–Crippen LogP) is 2.03. The second-order valence-electron chi connectivity index (χ2n) is 3.73. The lowest BCUT2D eigenvalue weighted by Gasteiger charge is -2.08. The molecule has 0 fully saturated rings. The van der Waals surface area contributed by atoms with Gasteiger partial charge in [-0.05, 0) is 28.1 Å². The Morgan fingerprint density at radius 2 is 2.19 bits per heavy atom. The lowest BCUT2D eigenvalue weighted by molar-refractivity contribution is -0.123. The van der Waals surface area contributed by atoms with E-state index >= 15 is 0 Å². The highest BCUT2D eigenvalue weighted by Gasteiger charge is 2.04. The van der Waals surface area contributed by atoms with Crippen molar-refractivity contribution in [2.75, 3.05) is 18.4 Å². The molecule has 5 heteroatoms. The second-order valence-corrected chi connectivity index (χ2v) is 4.65. The van der Waals surface area contributed by atoms with Crippen LogP contribution in [0.15, 0.2) is 22.8 Å². The summed E-state index contributed by atoms with van der Waals surface area (Å²) in [7, 11) is 0. The quantitative estimate of drug-likeness (QED) is 0.814. The Morgan fingerprint density at radius 1 is 1.44 bits per heavy atom. The first-order valence-electron chi connectivity index (χ1n) is 5.22. The summed E-state index contributed by atoms with van der Waals surface area (Å²) in [6.07, 6.45) is 1.73. The number of nitrogens with one attached hydrogen (secondary N) is 2. The van der Waals surface area contributed by atoms with Gasteiger partial charge in [0.15, 0.2) is 0 Å². The summed E-state index contributed by atoms with van der Waals surface area (Å²) in [6.45, 7) is 5.03. The van der Waals surface area contributed by atoms with Gasteiger partial charge in [0.2, 0.25) is 5.91 Å². The first kappa shape index (κ1) is 13.0. The van der Waals surface area contributed by atoms with Gasteiger partial charge in [0.05, 0.1) is 0 Å². The highest BCUT2D eigenvalue weighted by atomic mass is 79.9. The largest absolute Gasteiger partial charge is 0.368 e. The molecule has 16 heavy (non-hydrogen) atoms. The molecule has 88 valence electrons. The Balaban J connectivity index is 2.21. The molecule has 0 bridgehead atoms. The van der Waals surface area contributed by atoms with Crippen LogP contribution in [0.4, 0.5) is 5.82 Å². The molecule has 0 aliphatic rings. The molecule has 0 unspecified atom stereocenters. The number of nitrogens with zero attached hydrogens (tertiary/aromatic N) is 1. The normalized spacial score (nSPS) is 10.2. The molecule has 0 aliphatic carbocycles. The SMILES string of the molecule is CC(C)C(=O)NCCNc1ccc(Br)cn1. The Hall–Kier alpha value is -1.10. The van der Waals surface area contributed by atoms with Crippen molar-refractivity contribution in [1.82, 2.24) is 10.3 Å². The number of rotatable bonds is 5. The smallest absolute Gasteiger partial charge is 0.222 e. The summed E-state index contributed by atoms with van der Waals surface area (Å²) in [4.78, 5) is 15.4. The Morgan fingerprint density at radius 3 is 2.75 bits per heavy atom. The van der Waals surface area contributed by atoms with Gasteiger partial charge in [-0.25, -0.2) is 4.98 Å². The molecule has 1 aromatic rings. The molecule has 2 N–H and O–H groups in total. The zero-order chi connectivity index (χ0) is 12.0. The molecule has 0 aliphatic heterocycles.